The highest BCUT2D eigenvalue weighted by molar-refractivity contribution is 9.10. The van der Waals surface area contributed by atoms with Gasteiger partial charge >= 0.3 is 5.97 Å². The maximum absolute atomic E-state index is 12.8. The highest BCUT2D eigenvalue weighted by Crippen LogP contribution is 2.36. The first-order valence-corrected chi connectivity index (χ1v) is 11.4. The summed E-state index contributed by atoms with van der Waals surface area (Å²) < 4.78 is 8.82. The smallest absolute Gasteiger partial charge is 0.335 e. The van der Waals surface area contributed by atoms with Gasteiger partial charge in [0.15, 0.2) is 0 Å². The number of anilines is 1. The molecule has 4 rings (SSSR count). The summed E-state index contributed by atoms with van der Waals surface area (Å²) >= 11 is 3.55. The monoisotopic (exact) mass is 518 g/mol. The van der Waals surface area contributed by atoms with Gasteiger partial charge in [-0.2, -0.15) is 0 Å². The van der Waals surface area contributed by atoms with Gasteiger partial charge in [-0.1, -0.05) is 52.3 Å². The number of benzene rings is 3. The third kappa shape index (κ3) is 4.89. The van der Waals surface area contributed by atoms with Crippen LogP contribution in [0.4, 0.5) is 5.69 Å². The van der Waals surface area contributed by atoms with Gasteiger partial charge in [0, 0.05) is 22.7 Å². The standard InChI is InChI=1S/C27H23BrN2O4/c1-18-11-13-25(29(18)30(19(2)31)23-10-6-9-21(15-23)27(32)33)24-16-22(28)12-14-26(24)34-17-20-7-4-3-5-8-20/h3-16H,17H2,1-2H3,(H,32,33). The van der Waals surface area contributed by atoms with Crippen molar-refractivity contribution < 1.29 is 19.4 Å². The number of aryl methyl sites for hydroxylation is 1. The first-order valence-electron chi connectivity index (χ1n) is 10.6. The fourth-order valence-corrected chi connectivity index (χ4v) is 4.13. The van der Waals surface area contributed by atoms with E-state index in [4.69, 9.17) is 4.74 Å². The van der Waals surface area contributed by atoms with Gasteiger partial charge < -0.3 is 9.84 Å². The Balaban J connectivity index is 1.81. The lowest BCUT2D eigenvalue weighted by molar-refractivity contribution is -0.117. The van der Waals surface area contributed by atoms with Crippen molar-refractivity contribution in [2.75, 3.05) is 5.01 Å². The number of hydrogen-bond acceptors (Lipinski definition) is 3. The first-order chi connectivity index (χ1) is 16.3. The molecule has 172 valence electrons. The van der Waals surface area contributed by atoms with E-state index in [1.165, 1.54) is 24.1 Å². The summed E-state index contributed by atoms with van der Waals surface area (Å²) in [4.78, 5) is 24.4. The number of ether oxygens (including phenoxy) is 1. The Morgan fingerprint density at radius 1 is 0.971 bits per heavy atom. The Bertz CT molecular complexity index is 1350. The maximum Gasteiger partial charge on any atom is 0.335 e. The third-order valence-electron chi connectivity index (χ3n) is 5.34. The number of aromatic carboxylic acids is 1. The molecule has 1 amide bonds. The average Bonchev–Trinajstić information content (AvgIpc) is 3.19. The van der Waals surface area contributed by atoms with Crippen LogP contribution in [-0.4, -0.2) is 21.7 Å². The summed E-state index contributed by atoms with van der Waals surface area (Å²) in [7, 11) is 0. The Morgan fingerprint density at radius 2 is 1.74 bits per heavy atom. The van der Waals surface area contributed by atoms with Crippen molar-refractivity contribution in [1.82, 2.24) is 4.68 Å². The zero-order valence-corrected chi connectivity index (χ0v) is 20.3. The van der Waals surface area contributed by atoms with E-state index in [1.807, 2.05) is 67.6 Å². The molecular formula is C27H23BrN2O4. The highest BCUT2D eigenvalue weighted by atomic mass is 79.9. The van der Waals surface area contributed by atoms with E-state index in [-0.39, 0.29) is 11.5 Å². The number of rotatable bonds is 7. The number of hydrogen-bond donors (Lipinski definition) is 1. The number of amides is 1. The summed E-state index contributed by atoms with van der Waals surface area (Å²) in [5, 5.41) is 10.9. The van der Waals surface area contributed by atoms with E-state index in [9.17, 15) is 14.7 Å². The number of halogens is 1. The zero-order valence-electron chi connectivity index (χ0n) is 18.7. The van der Waals surface area contributed by atoms with Gasteiger partial charge in [0.05, 0.1) is 16.9 Å². The van der Waals surface area contributed by atoms with Crippen LogP contribution in [0, 0.1) is 6.92 Å². The highest BCUT2D eigenvalue weighted by Gasteiger charge is 2.22. The molecule has 0 aliphatic carbocycles. The van der Waals surface area contributed by atoms with E-state index in [0.29, 0.717) is 18.0 Å². The molecule has 1 heterocycles. The van der Waals surface area contributed by atoms with Crippen molar-refractivity contribution in [1.29, 1.82) is 0 Å². The summed E-state index contributed by atoms with van der Waals surface area (Å²) in [6.07, 6.45) is 0. The summed E-state index contributed by atoms with van der Waals surface area (Å²) in [5.41, 5.74) is 3.93. The average molecular weight is 519 g/mol. The van der Waals surface area contributed by atoms with Gasteiger partial charge in [-0.05, 0) is 61.0 Å². The first kappa shape index (κ1) is 23.3. The van der Waals surface area contributed by atoms with Crippen LogP contribution in [0.3, 0.4) is 0 Å². The number of carbonyl (C=O) groups excluding carboxylic acids is 1. The van der Waals surface area contributed by atoms with Crippen molar-refractivity contribution in [2.24, 2.45) is 0 Å². The molecule has 0 atom stereocenters. The predicted molar refractivity (Wildman–Crippen MR) is 135 cm³/mol. The quantitative estimate of drug-likeness (QED) is 0.310. The molecule has 34 heavy (non-hydrogen) atoms. The minimum absolute atomic E-state index is 0.101. The van der Waals surface area contributed by atoms with Gasteiger partial charge in [0.1, 0.15) is 12.4 Å². The largest absolute Gasteiger partial charge is 0.488 e. The lowest BCUT2D eigenvalue weighted by Gasteiger charge is -2.27. The molecule has 7 heteroatoms. The van der Waals surface area contributed by atoms with E-state index in [2.05, 4.69) is 15.9 Å². The van der Waals surface area contributed by atoms with Crippen molar-refractivity contribution >= 4 is 33.5 Å². The fourth-order valence-electron chi connectivity index (χ4n) is 3.77. The molecule has 1 aromatic heterocycles. The molecule has 6 nitrogen and oxygen atoms in total. The Morgan fingerprint density at radius 3 is 2.44 bits per heavy atom. The molecule has 0 aliphatic rings. The van der Waals surface area contributed by atoms with Crippen molar-refractivity contribution in [3.05, 3.63) is 106 Å². The fraction of sp³-hybridized carbons (Fsp3) is 0.111. The molecule has 0 spiro atoms. The second kappa shape index (κ2) is 9.97. The topological polar surface area (TPSA) is 71.8 Å². The zero-order chi connectivity index (χ0) is 24.2. The Hall–Kier alpha value is -3.84. The van der Waals surface area contributed by atoms with Crippen LogP contribution in [0.15, 0.2) is 89.4 Å². The van der Waals surface area contributed by atoms with E-state index >= 15 is 0 Å². The van der Waals surface area contributed by atoms with Crippen LogP contribution in [0.5, 0.6) is 5.75 Å². The molecule has 0 saturated heterocycles. The Kier molecular flexibility index (Phi) is 6.84. The molecule has 0 saturated carbocycles. The molecule has 0 bridgehead atoms. The van der Waals surface area contributed by atoms with Crippen LogP contribution in [0.25, 0.3) is 11.3 Å². The van der Waals surface area contributed by atoms with E-state index < -0.39 is 5.97 Å². The Labute approximate surface area is 206 Å². The van der Waals surface area contributed by atoms with Crippen molar-refractivity contribution in [3.63, 3.8) is 0 Å². The minimum atomic E-state index is -1.06. The summed E-state index contributed by atoms with van der Waals surface area (Å²) in [6, 6.07) is 25.8. The van der Waals surface area contributed by atoms with Crippen LogP contribution < -0.4 is 9.75 Å². The SMILES string of the molecule is CC(=O)N(c1cccc(C(=O)O)c1)n1c(C)ccc1-c1cc(Br)ccc1OCc1ccccc1. The van der Waals surface area contributed by atoms with Crippen LogP contribution >= 0.6 is 15.9 Å². The number of carboxylic acids is 1. The second-order valence-corrected chi connectivity index (χ2v) is 8.69. The summed E-state index contributed by atoms with van der Waals surface area (Å²) in [6.45, 7) is 3.74. The minimum Gasteiger partial charge on any atom is -0.488 e. The van der Waals surface area contributed by atoms with E-state index in [1.54, 1.807) is 16.8 Å². The summed E-state index contributed by atoms with van der Waals surface area (Å²) in [5.74, 6) is -0.655. The van der Waals surface area contributed by atoms with Crippen LogP contribution in [-0.2, 0) is 11.4 Å². The molecule has 0 unspecified atom stereocenters. The van der Waals surface area contributed by atoms with Gasteiger partial charge in [-0.3, -0.25) is 9.47 Å². The normalized spacial score (nSPS) is 10.7. The van der Waals surface area contributed by atoms with E-state index in [0.717, 1.165) is 27.0 Å². The molecule has 0 radical (unpaired) electrons. The van der Waals surface area contributed by atoms with Crippen LogP contribution in [0.2, 0.25) is 0 Å². The maximum atomic E-state index is 12.8. The van der Waals surface area contributed by atoms with Gasteiger partial charge in [0.25, 0.3) is 0 Å². The van der Waals surface area contributed by atoms with Crippen LogP contribution in [0.1, 0.15) is 28.5 Å². The number of nitrogens with zero attached hydrogens (tertiary/aromatic N) is 2. The van der Waals surface area contributed by atoms with Gasteiger partial charge in [-0.15, -0.1) is 0 Å². The second-order valence-electron chi connectivity index (χ2n) is 7.77. The van der Waals surface area contributed by atoms with Crippen molar-refractivity contribution in [2.45, 2.75) is 20.5 Å². The third-order valence-corrected chi connectivity index (χ3v) is 5.83. The lowest BCUT2D eigenvalue weighted by atomic mass is 10.1. The molecule has 0 aliphatic heterocycles. The number of carboxylic acid groups (broad SMARTS) is 1. The number of carbonyl (C=O) groups is 2. The molecule has 4 aromatic rings. The predicted octanol–water partition coefficient (Wildman–Crippen LogP) is 6.32. The number of aromatic nitrogens is 1. The van der Waals surface area contributed by atoms with Gasteiger partial charge in [0.2, 0.25) is 5.91 Å². The molecular weight excluding hydrogens is 496 g/mol. The lowest BCUT2D eigenvalue weighted by Crippen LogP contribution is -2.35. The molecule has 1 N–H and O–H groups in total. The van der Waals surface area contributed by atoms with Crippen molar-refractivity contribution in [3.8, 4) is 17.0 Å². The molecule has 0 fully saturated rings. The molecule has 3 aromatic carbocycles. The van der Waals surface area contributed by atoms with Gasteiger partial charge in [-0.25, -0.2) is 9.80 Å².